The number of carbonyl (C=O) groups is 1. The zero-order valence-electron chi connectivity index (χ0n) is 13.6. The van der Waals surface area contributed by atoms with Crippen LogP contribution in [-0.2, 0) is 6.54 Å². The number of nitrogens with one attached hydrogen (secondary N) is 1. The van der Waals surface area contributed by atoms with Crippen LogP contribution in [0.25, 0.3) is 0 Å². The van der Waals surface area contributed by atoms with E-state index in [9.17, 15) is 4.79 Å². The Kier molecular flexibility index (Phi) is 3.12. The second kappa shape index (κ2) is 4.52. The number of amides is 1. The molecule has 0 spiro atoms. The highest BCUT2D eigenvalue weighted by Crippen LogP contribution is 2.62. The van der Waals surface area contributed by atoms with Gasteiger partial charge in [-0.05, 0) is 49.0 Å². The highest BCUT2D eigenvalue weighted by molar-refractivity contribution is 5.94. The lowest BCUT2D eigenvalue weighted by atomic mass is 9.68. The number of rotatable bonds is 3. The van der Waals surface area contributed by atoms with E-state index in [-0.39, 0.29) is 22.8 Å². The molecule has 3 rings (SSSR count). The van der Waals surface area contributed by atoms with Crippen molar-refractivity contribution in [2.45, 2.75) is 59.5 Å². The first-order chi connectivity index (χ1) is 9.78. The van der Waals surface area contributed by atoms with Crippen molar-refractivity contribution in [3.63, 3.8) is 0 Å². The Morgan fingerprint density at radius 2 is 2.19 bits per heavy atom. The molecule has 2 fully saturated rings. The summed E-state index contributed by atoms with van der Waals surface area (Å²) in [4.78, 5) is 12.7. The number of nitrogens with two attached hydrogens (primary N) is 1. The summed E-state index contributed by atoms with van der Waals surface area (Å²) in [6, 6.07) is 2.03. The monoisotopic (exact) mass is 289 g/mol. The van der Waals surface area contributed by atoms with Gasteiger partial charge in [-0.1, -0.05) is 20.8 Å². The summed E-state index contributed by atoms with van der Waals surface area (Å²) >= 11 is 0. The van der Waals surface area contributed by atoms with Gasteiger partial charge in [0.2, 0.25) is 0 Å². The third kappa shape index (κ3) is 2.07. The smallest absolute Gasteiger partial charge is 0.268 e. The molecule has 21 heavy (non-hydrogen) atoms. The van der Waals surface area contributed by atoms with E-state index in [1.54, 1.807) is 6.07 Å². The molecule has 0 radical (unpaired) electrons. The Balaban J connectivity index is 1.84. The SMILES string of the molecule is CCn1cc(N)cc1C(=O)NC1C2(C)CCC(C2)C1(C)C. The Hall–Kier alpha value is -1.45. The molecule has 1 aromatic heterocycles. The van der Waals surface area contributed by atoms with Crippen LogP contribution in [0.1, 0.15) is 57.4 Å². The first kappa shape index (κ1) is 14.5. The largest absolute Gasteiger partial charge is 0.397 e. The third-order valence-corrected chi connectivity index (χ3v) is 6.04. The summed E-state index contributed by atoms with van der Waals surface area (Å²) in [6.45, 7) is 9.73. The van der Waals surface area contributed by atoms with Gasteiger partial charge in [-0.25, -0.2) is 0 Å². The van der Waals surface area contributed by atoms with Gasteiger partial charge in [0, 0.05) is 18.8 Å². The number of hydrogen-bond acceptors (Lipinski definition) is 2. The topological polar surface area (TPSA) is 60.0 Å². The number of fused-ring (bicyclic) bond motifs is 2. The van der Waals surface area contributed by atoms with Crippen molar-refractivity contribution in [1.29, 1.82) is 0 Å². The second-order valence-corrected chi connectivity index (χ2v) is 7.77. The summed E-state index contributed by atoms with van der Waals surface area (Å²) < 4.78 is 1.92. The van der Waals surface area contributed by atoms with Gasteiger partial charge >= 0.3 is 0 Å². The average molecular weight is 289 g/mol. The van der Waals surface area contributed by atoms with Crippen LogP contribution in [0, 0.1) is 16.7 Å². The van der Waals surface area contributed by atoms with Crippen molar-refractivity contribution in [2.75, 3.05) is 5.73 Å². The van der Waals surface area contributed by atoms with Gasteiger partial charge in [-0.2, -0.15) is 0 Å². The third-order valence-electron chi connectivity index (χ3n) is 6.04. The summed E-state index contributed by atoms with van der Waals surface area (Å²) in [6.07, 6.45) is 5.60. The molecule has 0 aromatic carbocycles. The summed E-state index contributed by atoms with van der Waals surface area (Å²) in [5.41, 5.74) is 7.60. The van der Waals surface area contributed by atoms with E-state index in [2.05, 4.69) is 26.1 Å². The van der Waals surface area contributed by atoms with Crippen LogP contribution in [0.4, 0.5) is 5.69 Å². The molecule has 3 atom stereocenters. The van der Waals surface area contributed by atoms with E-state index in [1.165, 1.54) is 19.3 Å². The molecule has 116 valence electrons. The number of nitrogen functional groups attached to an aromatic ring is 1. The Labute approximate surface area is 127 Å². The Morgan fingerprint density at radius 3 is 2.76 bits per heavy atom. The fraction of sp³-hybridized carbons (Fsp3) is 0.706. The Morgan fingerprint density at radius 1 is 1.48 bits per heavy atom. The second-order valence-electron chi connectivity index (χ2n) is 7.77. The molecule has 2 saturated carbocycles. The first-order valence-electron chi connectivity index (χ1n) is 8.04. The van der Waals surface area contributed by atoms with Gasteiger partial charge in [-0.15, -0.1) is 0 Å². The van der Waals surface area contributed by atoms with Crippen molar-refractivity contribution in [2.24, 2.45) is 16.7 Å². The molecule has 4 nitrogen and oxygen atoms in total. The standard InChI is InChI=1S/C17H27N3O/c1-5-20-10-12(18)8-13(20)14(21)19-15-16(2,3)11-6-7-17(15,4)9-11/h8,10-11,15H,5-7,9,18H2,1-4H3,(H,19,21). The normalized spacial score (nSPS) is 33.3. The quantitative estimate of drug-likeness (QED) is 0.898. The number of carbonyl (C=O) groups excluding carboxylic acids is 1. The first-order valence-corrected chi connectivity index (χ1v) is 8.04. The van der Waals surface area contributed by atoms with Gasteiger partial charge in [0.25, 0.3) is 5.91 Å². The van der Waals surface area contributed by atoms with Crippen molar-refractivity contribution in [3.8, 4) is 0 Å². The lowest BCUT2D eigenvalue weighted by Crippen LogP contribution is -2.52. The van der Waals surface area contributed by atoms with Crippen molar-refractivity contribution in [3.05, 3.63) is 18.0 Å². The van der Waals surface area contributed by atoms with Crippen LogP contribution in [0.15, 0.2) is 12.3 Å². The minimum Gasteiger partial charge on any atom is -0.397 e. The van der Waals surface area contributed by atoms with Crippen molar-refractivity contribution in [1.82, 2.24) is 9.88 Å². The molecule has 2 aliphatic carbocycles. The lowest BCUT2D eigenvalue weighted by molar-refractivity contribution is 0.0729. The fourth-order valence-electron chi connectivity index (χ4n) is 4.85. The lowest BCUT2D eigenvalue weighted by Gasteiger charge is -2.43. The number of hydrogen-bond donors (Lipinski definition) is 2. The van der Waals surface area contributed by atoms with Crippen molar-refractivity contribution >= 4 is 11.6 Å². The maximum Gasteiger partial charge on any atom is 0.268 e. The summed E-state index contributed by atoms with van der Waals surface area (Å²) in [7, 11) is 0. The molecule has 0 aliphatic heterocycles. The molecule has 2 bridgehead atoms. The minimum atomic E-state index is 0.0143. The maximum absolute atomic E-state index is 12.7. The number of nitrogens with zero attached hydrogens (tertiary/aromatic N) is 1. The predicted octanol–water partition coefficient (Wildman–Crippen LogP) is 3.03. The van der Waals surface area contributed by atoms with E-state index in [0.717, 1.165) is 12.5 Å². The van der Waals surface area contributed by atoms with Gasteiger partial charge in [-0.3, -0.25) is 4.79 Å². The van der Waals surface area contributed by atoms with Crippen LogP contribution in [-0.4, -0.2) is 16.5 Å². The molecule has 2 aliphatic rings. The number of aromatic nitrogens is 1. The van der Waals surface area contributed by atoms with Crippen LogP contribution in [0.5, 0.6) is 0 Å². The molecule has 3 unspecified atom stereocenters. The molecular weight excluding hydrogens is 262 g/mol. The minimum absolute atomic E-state index is 0.0143. The van der Waals surface area contributed by atoms with Gasteiger partial charge in [0.1, 0.15) is 5.69 Å². The van der Waals surface area contributed by atoms with Crippen LogP contribution in [0.3, 0.4) is 0 Å². The van der Waals surface area contributed by atoms with Gasteiger partial charge in [0.15, 0.2) is 0 Å². The van der Waals surface area contributed by atoms with E-state index in [1.807, 2.05) is 17.7 Å². The molecule has 1 heterocycles. The zero-order valence-corrected chi connectivity index (χ0v) is 13.6. The number of anilines is 1. The number of aryl methyl sites for hydroxylation is 1. The molecule has 0 saturated heterocycles. The molecule has 4 heteroatoms. The van der Waals surface area contributed by atoms with Crippen LogP contribution >= 0.6 is 0 Å². The summed E-state index contributed by atoms with van der Waals surface area (Å²) in [5, 5.41) is 3.33. The zero-order chi connectivity index (χ0) is 15.4. The Bertz CT molecular complexity index is 570. The molecular formula is C17H27N3O. The van der Waals surface area contributed by atoms with Gasteiger partial charge in [0.05, 0.1) is 5.69 Å². The van der Waals surface area contributed by atoms with E-state index >= 15 is 0 Å². The summed E-state index contributed by atoms with van der Waals surface area (Å²) in [5.74, 6) is 0.747. The average Bonchev–Trinajstić information content (AvgIpc) is 3.03. The predicted molar refractivity (Wildman–Crippen MR) is 85.0 cm³/mol. The van der Waals surface area contributed by atoms with E-state index in [4.69, 9.17) is 5.73 Å². The van der Waals surface area contributed by atoms with Gasteiger partial charge < -0.3 is 15.6 Å². The molecule has 1 aromatic rings. The molecule has 1 amide bonds. The molecule has 3 N–H and O–H groups in total. The highest BCUT2D eigenvalue weighted by atomic mass is 16.2. The fourth-order valence-corrected chi connectivity index (χ4v) is 4.85. The van der Waals surface area contributed by atoms with Crippen LogP contribution < -0.4 is 11.1 Å². The van der Waals surface area contributed by atoms with Crippen LogP contribution in [0.2, 0.25) is 0 Å². The van der Waals surface area contributed by atoms with Crippen molar-refractivity contribution < 1.29 is 4.79 Å². The highest BCUT2D eigenvalue weighted by Gasteiger charge is 2.59. The van der Waals surface area contributed by atoms with E-state index < -0.39 is 0 Å². The van der Waals surface area contributed by atoms with E-state index in [0.29, 0.717) is 11.4 Å². The maximum atomic E-state index is 12.7.